The van der Waals surface area contributed by atoms with Gasteiger partial charge in [0.25, 0.3) is 0 Å². The van der Waals surface area contributed by atoms with Gasteiger partial charge < -0.3 is 10.1 Å². The smallest absolute Gasteiger partial charge is 0.222 e. The summed E-state index contributed by atoms with van der Waals surface area (Å²) >= 11 is 0. The molecule has 0 aliphatic carbocycles. The van der Waals surface area contributed by atoms with Crippen LogP contribution in [0.25, 0.3) is 0 Å². The van der Waals surface area contributed by atoms with Crippen LogP contribution in [0.2, 0.25) is 0 Å². The van der Waals surface area contributed by atoms with Gasteiger partial charge in [0, 0.05) is 22.5 Å². The summed E-state index contributed by atoms with van der Waals surface area (Å²) in [5.74, 6) is -0.279. The highest BCUT2D eigenvalue weighted by Crippen LogP contribution is 2.39. The van der Waals surface area contributed by atoms with Gasteiger partial charge in [-0.1, -0.05) is 13.8 Å². The van der Waals surface area contributed by atoms with Gasteiger partial charge in [0.2, 0.25) is 5.91 Å². The minimum atomic E-state index is -2.90. The summed E-state index contributed by atoms with van der Waals surface area (Å²) < 4.78 is 41.2. The SMILES string of the molecule is [2H]C([2H])([2H])C([2H])([2H])O[C@@]1(C)NC(=O)CC1(C)C. The van der Waals surface area contributed by atoms with Crippen LogP contribution in [-0.4, -0.2) is 18.2 Å². The first-order valence-electron chi connectivity index (χ1n) is 6.32. The summed E-state index contributed by atoms with van der Waals surface area (Å²) in [5, 5.41) is 2.50. The summed E-state index contributed by atoms with van der Waals surface area (Å²) in [5.41, 5.74) is -2.01. The minimum Gasteiger partial charge on any atom is -0.356 e. The van der Waals surface area contributed by atoms with Gasteiger partial charge >= 0.3 is 0 Å². The van der Waals surface area contributed by atoms with E-state index in [4.69, 9.17) is 11.6 Å². The van der Waals surface area contributed by atoms with Crippen LogP contribution in [0.15, 0.2) is 0 Å². The Labute approximate surface area is 80.5 Å². The van der Waals surface area contributed by atoms with E-state index in [-0.39, 0.29) is 12.3 Å². The van der Waals surface area contributed by atoms with E-state index in [0.717, 1.165) is 0 Å². The zero-order valence-electron chi connectivity index (χ0n) is 12.5. The first-order chi connectivity index (χ1) is 7.31. The van der Waals surface area contributed by atoms with Crippen LogP contribution in [0, 0.1) is 5.41 Å². The Kier molecular flexibility index (Phi) is 1.05. The second-order valence-corrected chi connectivity index (χ2v) is 3.85. The maximum Gasteiger partial charge on any atom is 0.222 e. The molecule has 1 aliphatic heterocycles. The van der Waals surface area contributed by atoms with Gasteiger partial charge in [0.1, 0.15) is 5.72 Å². The van der Waals surface area contributed by atoms with E-state index in [1.54, 1.807) is 13.8 Å². The predicted octanol–water partition coefficient (Wildman–Crippen LogP) is 1.29. The number of carbonyl (C=O) groups is 1. The topological polar surface area (TPSA) is 38.3 Å². The van der Waals surface area contributed by atoms with Crippen molar-refractivity contribution in [3.05, 3.63) is 0 Å². The van der Waals surface area contributed by atoms with Gasteiger partial charge in [-0.15, -0.1) is 0 Å². The second-order valence-electron chi connectivity index (χ2n) is 3.85. The van der Waals surface area contributed by atoms with Gasteiger partial charge in [0.05, 0.1) is 2.74 Å². The van der Waals surface area contributed by atoms with Crippen molar-refractivity contribution in [3.8, 4) is 0 Å². The molecular weight excluding hydrogens is 154 g/mol. The Morgan fingerprint density at radius 1 is 1.75 bits per heavy atom. The molecule has 1 saturated heterocycles. The average Bonchev–Trinajstić information content (AvgIpc) is 2.15. The molecule has 0 unspecified atom stereocenters. The van der Waals surface area contributed by atoms with E-state index in [1.165, 1.54) is 6.92 Å². The molecule has 1 amide bonds. The summed E-state index contributed by atoms with van der Waals surface area (Å²) in [6.07, 6.45) is 0.167. The predicted molar refractivity (Wildman–Crippen MR) is 46.6 cm³/mol. The third-order valence-corrected chi connectivity index (χ3v) is 2.53. The van der Waals surface area contributed by atoms with Crippen LogP contribution in [0.4, 0.5) is 0 Å². The van der Waals surface area contributed by atoms with Crippen LogP contribution in [0.5, 0.6) is 0 Å². The Hall–Kier alpha value is -0.570. The van der Waals surface area contributed by atoms with Crippen LogP contribution >= 0.6 is 0 Å². The standard InChI is InChI=1S/C9H17NO2/c1-5-12-9(4)8(2,3)6-7(11)10-9/h5-6H2,1-4H3,(H,10,11)/t9-/m1/s1/i1D3,5D2. The Balaban J connectivity index is 2.98. The average molecular weight is 176 g/mol. The van der Waals surface area contributed by atoms with Crippen LogP contribution in [0.3, 0.4) is 0 Å². The lowest BCUT2D eigenvalue weighted by atomic mass is 9.82. The molecule has 12 heavy (non-hydrogen) atoms. The van der Waals surface area contributed by atoms with Gasteiger partial charge in [-0.25, -0.2) is 0 Å². The summed E-state index contributed by atoms with van der Waals surface area (Å²) in [6, 6.07) is 0. The maximum absolute atomic E-state index is 11.4. The molecule has 0 radical (unpaired) electrons. The monoisotopic (exact) mass is 176 g/mol. The Morgan fingerprint density at radius 2 is 2.42 bits per heavy atom. The summed E-state index contributed by atoms with van der Waals surface area (Å²) in [4.78, 5) is 11.4. The zero-order valence-corrected chi connectivity index (χ0v) is 7.52. The number of hydrogen-bond donors (Lipinski definition) is 1. The first kappa shape index (κ1) is 4.61. The van der Waals surface area contributed by atoms with Crippen molar-refractivity contribution in [1.29, 1.82) is 0 Å². The van der Waals surface area contributed by atoms with Gasteiger partial charge in [0.15, 0.2) is 0 Å². The molecule has 1 heterocycles. The van der Waals surface area contributed by atoms with E-state index >= 15 is 0 Å². The van der Waals surface area contributed by atoms with Crippen molar-refractivity contribution in [3.63, 3.8) is 0 Å². The molecule has 0 aromatic heterocycles. The van der Waals surface area contributed by atoms with Crippen molar-refractivity contribution < 1.29 is 16.4 Å². The molecule has 1 rings (SSSR count). The molecular formula is C9H17NO2. The van der Waals surface area contributed by atoms with Crippen molar-refractivity contribution in [2.75, 3.05) is 6.56 Å². The van der Waals surface area contributed by atoms with Crippen molar-refractivity contribution in [2.45, 2.75) is 39.8 Å². The van der Waals surface area contributed by atoms with Gasteiger partial charge in [-0.05, 0) is 13.8 Å². The second kappa shape index (κ2) is 2.73. The van der Waals surface area contributed by atoms with E-state index in [0.29, 0.717) is 0 Å². The third-order valence-electron chi connectivity index (χ3n) is 2.53. The number of rotatable bonds is 2. The number of carbonyl (C=O) groups excluding carboxylic acids is 1. The summed E-state index contributed by atoms with van der Waals surface area (Å²) in [7, 11) is 0. The zero-order chi connectivity index (χ0) is 13.7. The molecule has 1 aliphatic rings. The van der Waals surface area contributed by atoms with E-state index in [9.17, 15) is 4.79 Å². The normalized spacial score (nSPS) is 41.9. The number of amides is 1. The van der Waals surface area contributed by atoms with E-state index in [2.05, 4.69) is 5.32 Å². The van der Waals surface area contributed by atoms with Crippen molar-refractivity contribution in [2.24, 2.45) is 5.41 Å². The molecule has 1 fully saturated rings. The van der Waals surface area contributed by atoms with E-state index < -0.39 is 24.6 Å². The lowest BCUT2D eigenvalue weighted by molar-refractivity contribution is -0.126. The molecule has 3 nitrogen and oxygen atoms in total. The van der Waals surface area contributed by atoms with Gasteiger partial charge in [-0.3, -0.25) is 4.79 Å². The largest absolute Gasteiger partial charge is 0.356 e. The molecule has 1 N–H and O–H groups in total. The highest BCUT2D eigenvalue weighted by molar-refractivity contribution is 5.80. The van der Waals surface area contributed by atoms with Crippen LogP contribution < -0.4 is 5.32 Å². The lowest BCUT2D eigenvalue weighted by Gasteiger charge is -2.36. The fourth-order valence-electron chi connectivity index (χ4n) is 1.32. The number of hydrogen-bond acceptors (Lipinski definition) is 2. The highest BCUT2D eigenvalue weighted by atomic mass is 16.5. The fraction of sp³-hybridized carbons (Fsp3) is 0.889. The first-order valence-corrected chi connectivity index (χ1v) is 3.82. The van der Waals surface area contributed by atoms with Crippen molar-refractivity contribution in [1.82, 2.24) is 5.32 Å². The molecule has 70 valence electrons. The van der Waals surface area contributed by atoms with Crippen LogP contribution in [-0.2, 0) is 9.53 Å². The molecule has 0 spiro atoms. The lowest BCUT2D eigenvalue weighted by Crippen LogP contribution is -2.49. The number of nitrogens with one attached hydrogen (secondary N) is 1. The molecule has 0 bridgehead atoms. The number of ether oxygens (including phenoxy) is 1. The van der Waals surface area contributed by atoms with E-state index in [1.807, 2.05) is 0 Å². The molecule has 0 saturated carbocycles. The molecule has 0 aromatic carbocycles. The Morgan fingerprint density at radius 3 is 2.83 bits per heavy atom. The molecule has 0 aromatic rings. The highest BCUT2D eigenvalue weighted by Gasteiger charge is 2.49. The third kappa shape index (κ3) is 1.33. The maximum atomic E-state index is 11.4. The molecule has 3 heteroatoms. The van der Waals surface area contributed by atoms with Crippen LogP contribution in [0.1, 0.15) is 40.9 Å². The summed E-state index contributed by atoms with van der Waals surface area (Å²) in [6.45, 7) is -0.779. The quantitative estimate of drug-likeness (QED) is 0.688. The molecule has 1 atom stereocenters. The minimum absolute atomic E-state index is 0.167. The Bertz CT molecular complexity index is 339. The fourth-order valence-corrected chi connectivity index (χ4v) is 1.32. The van der Waals surface area contributed by atoms with Crippen molar-refractivity contribution >= 4 is 5.91 Å². The van der Waals surface area contributed by atoms with Gasteiger partial charge in [-0.2, -0.15) is 0 Å².